The van der Waals surface area contributed by atoms with E-state index in [1.165, 1.54) is 22.5 Å². The molecular weight excluding hydrogens is 414 g/mol. The summed E-state index contributed by atoms with van der Waals surface area (Å²) in [7, 11) is 0. The van der Waals surface area contributed by atoms with Crippen LogP contribution in [0.2, 0.25) is 0 Å². The highest BCUT2D eigenvalue weighted by molar-refractivity contribution is 7.13. The van der Waals surface area contributed by atoms with Gasteiger partial charge in [0.15, 0.2) is 23.1 Å². The quantitative estimate of drug-likeness (QED) is 0.547. The molecule has 0 unspecified atom stereocenters. The zero-order chi connectivity index (χ0) is 21.6. The average Bonchev–Trinajstić information content (AvgIpc) is 3.29. The van der Waals surface area contributed by atoms with Crippen LogP contribution in [-0.4, -0.2) is 69.4 Å². The van der Waals surface area contributed by atoms with E-state index in [9.17, 15) is 9.59 Å². The van der Waals surface area contributed by atoms with Crippen molar-refractivity contribution >= 4 is 23.2 Å². The van der Waals surface area contributed by atoms with Gasteiger partial charge in [0, 0.05) is 50.5 Å². The second-order valence-corrected chi connectivity index (χ2v) is 8.19. The fraction of sp³-hybridized carbons (Fsp3) is 0.318. The van der Waals surface area contributed by atoms with Gasteiger partial charge in [-0.15, -0.1) is 11.3 Å². The summed E-state index contributed by atoms with van der Waals surface area (Å²) in [6, 6.07) is 10.2. The standard InChI is InChI=1S/C22H23N5O3S/c1-16-4-2-5-17(12-16)13-26-8-10-27(11-9-26)19(28)14-30-22(29)18-15-31-21(25-18)20-23-6-3-7-24-20/h2-7,12,15H,8-11,13-14H2,1H3. The maximum absolute atomic E-state index is 12.5. The summed E-state index contributed by atoms with van der Waals surface area (Å²) in [4.78, 5) is 41.2. The summed E-state index contributed by atoms with van der Waals surface area (Å²) in [5, 5.41) is 2.12. The Bertz CT molecular complexity index is 1050. The molecule has 0 N–H and O–H groups in total. The van der Waals surface area contributed by atoms with E-state index in [0.717, 1.165) is 19.6 Å². The van der Waals surface area contributed by atoms with Crippen LogP contribution in [0.1, 0.15) is 21.6 Å². The summed E-state index contributed by atoms with van der Waals surface area (Å²) in [5.74, 6) is -0.360. The number of thiazole rings is 1. The molecule has 0 saturated carbocycles. The largest absolute Gasteiger partial charge is 0.451 e. The second kappa shape index (κ2) is 9.76. The Labute approximate surface area is 184 Å². The first-order chi connectivity index (χ1) is 15.1. The molecule has 0 bridgehead atoms. The number of carbonyl (C=O) groups excluding carboxylic acids is 2. The van der Waals surface area contributed by atoms with Crippen molar-refractivity contribution in [2.24, 2.45) is 0 Å². The number of amides is 1. The number of aryl methyl sites for hydroxylation is 1. The summed E-state index contributed by atoms with van der Waals surface area (Å²) in [5.41, 5.74) is 2.68. The van der Waals surface area contributed by atoms with Crippen LogP contribution in [0.15, 0.2) is 48.1 Å². The van der Waals surface area contributed by atoms with E-state index in [0.29, 0.717) is 23.9 Å². The molecule has 160 valence electrons. The summed E-state index contributed by atoms with van der Waals surface area (Å²) in [6.07, 6.45) is 3.22. The van der Waals surface area contributed by atoms with Gasteiger partial charge in [-0.25, -0.2) is 19.7 Å². The third-order valence-corrected chi connectivity index (χ3v) is 5.85. The molecule has 3 heterocycles. The van der Waals surface area contributed by atoms with Crippen molar-refractivity contribution in [3.8, 4) is 10.8 Å². The predicted octanol–water partition coefficient (Wildman–Crippen LogP) is 2.41. The van der Waals surface area contributed by atoms with Gasteiger partial charge in [0.05, 0.1) is 0 Å². The van der Waals surface area contributed by atoms with E-state index in [-0.39, 0.29) is 18.2 Å². The van der Waals surface area contributed by atoms with Crippen molar-refractivity contribution in [1.82, 2.24) is 24.8 Å². The minimum atomic E-state index is -0.620. The van der Waals surface area contributed by atoms with Crippen LogP contribution in [0.3, 0.4) is 0 Å². The molecule has 0 radical (unpaired) electrons. The fourth-order valence-electron chi connectivity index (χ4n) is 3.40. The van der Waals surface area contributed by atoms with Gasteiger partial charge in [0.2, 0.25) is 0 Å². The molecule has 3 aromatic rings. The zero-order valence-electron chi connectivity index (χ0n) is 17.2. The lowest BCUT2D eigenvalue weighted by Gasteiger charge is -2.34. The number of hydrogen-bond acceptors (Lipinski definition) is 8. The molecule has 1 aromatic carbocycles. The van der Waals surface area contributed by atoms with E-state index in [2.05, 4.69) is 51.0 Å². The maximum Gasteiger partial charge on any atom is 0.358 e. The molecule has 31 heavy (non-hydrogen) atoms. The Morgan fingerprint density at radius 1 is 1.10 bits per heavy atom. The molecule has 4 rings (SSSR count). The van der Waals surface area contributed by atoms with Gasteiger partial charge in [0.25, 0.3) is 5.91 Å². The van der Waals surface area contributed by atoms with E-state index in [1.807, 2.05) is 0 Å². The molecule has 2 aromatic heterocycles. The van der Waals surface area contributed by atoms with Crippen LogP contribution in [0, 0.1) is 6.92 Å². The molecule has 9 heteroatoms. The van der Waals surface area contributed by atoms with Crippen LogP contribution >= 0.6 is 11.3 Å². The maximum atomic E-state index is 12.5. The third-order valence-electron chi connectivity index (χ3n) is 5.01. The van der Waals surface area contributed by atoms with Crippen molar-refractivity contribution in [2.45, 2.75) is 13.5 Å². The number of rotatable bonds is 6. The van der Waals surface area contributed by atoms with Crippen molar-refractivity contribution in [2.75, 3.05) is 32.8 Å². The molecular formula is C22H23N5O3S. The monoisotopic (exact) mass is 437 g/mol. The first kappa shape index (κ1) is 21.1. The summed E-state index contributed by atoms with van der Waals surface area (Å²) >= 11 is 1.26. The SMILES string of the molecule is Cc1cccc(CN2CCN(C(=O)COC(=O)c3csc(-c4ncccn4)n3)CC2)c1. The van der Waals surface area contributed by atoms with Crippen LogP contribution < -0.4 is 0 Å². The molecule has 0 aliphatic carbocycles. The topological polar surface area (TPSA) is 88.5 Å². The van der Waals surface area contributed by atoms with Gasteiger partial charge in [-0.05, 0) is 18.6 Å². The van der Waals surface area contributed by atoms with Gasteiger partial charge >= 0.3 is 5.97 Å². The first-order valence-corrected chi connectivity index (χ1v) is 10.9. The Balaban J connectivity index is 1.23. The molecule has 1 fully saturated rings. The van der Waals surface area contributed by atoms with E-state index in [4.69, 9.17) is 4.74 Å². The van der Waals surface area contributed by atoms with E-state index >= 15 is 0 Å². The highest BCUT2D eigenvalue weighted by atomic mass is 32.1. The van der Waals surface area contributed by atoms with Gasteiger partial charge < -0.3 is 9.64 Å². The Hall–Kier alpha value is -3.17. The van der Waals surface area contributed by atoms with E-state index in [1.54, 1.807) is 28.7 Å². The van der Waals surface area contributed by atoms with Gasteiger partial charge in [-0.2, -0.15) is 0 Å². The number of aromatic nitrogens is 3. The fourth-order valence-corrected chi connectivity index (χ4v) is 4.13. The van der Waals surface area contributed by atoms with Crippen LogP contribution in [-0.2, 0) is 16.1 Å². The molecule has 1 saturated heterocycles. The number of esters is 1. The Morgan fingerprint density at radius 2 is 1.87 bits per heavy atom. The molecule has 0 spiro atoms. The number of piperazine rings is 1. The zero-order valence-corrected chi connectivity index (χ0v) is 18.0. The number of hydrogen-bond donors (Lipinski definition) is 0. The lowest BCUT2D eigenvalue weighted by molar-refractivity contribution is -0.136. The molecule has 0 atom stereocenters. The highest BCUT2D eigenvalue weighted by Crippen LogP contribution is 2.20. The summed E-state index contributed by atoms with van der Waals surface area (Å²) in [6.45, 7) is 5.49. The number of benzene rings is 1. The van der Waals surface area contributed by atoms with Gasteiger partial charge in [-0.1, -0.05) is 29.8 Å². The second-order valence-electron chi connectivity index (χ2n) is 7.33. The Kier molecular flexibility index (Phi) is 6.63. The van der Waals surface area contributed by atoms with E-state index < -0.39 is 5.97 Å². The highest BCUT2D eigenvalue weighted by Gasteiger charge is 2.23. The minimum Gasteiger partial charge on any atom is -0.451 e. The van der Waals surface area contributed by atoms with Crippen molar-refractivity contribution < 1.29 is 14.3 Å². The average molecular weight is 438 g/mol. The van der Waals surface area contributed by atoms with Crippen LogP contribution in [0.5, 0.6) is 0 Å². The summed E-state index contributed by atoms with van der Waals surface area (Å²) < 4.78 is 5.19. The lowest BCUT2D eigenvalue weighted by Crippen LogP contribution is -2.49. The molecule has 1 aliphatic rings. The van der Waals surface area contributed by atoms with Crippen molar-refractivity contribution in [3.05, 3.63) is 64.9 Å². The first-order valence-electron chi connectivity index (χ1n) is 10.0. The lowest BCUT2D eigenvalue weighted by atomic mass is 10.1. The van der Waals surface area contributed by atoms with Gasteiger partial charge in [-0.3, -0.25) is 9.69 Å². The van der Waals surface area contributed by atoms with Crippen LogP contribution in [0.25, 0.3) is 10.8 Å². The number of ether oxygens (including phenoxy) is 1. The normalized spacial score (nSPS) is 14.4. The molecule has 8 nitrogen and oxygen atoms in total. The number of nitrogens with zero attached hydrogens (tertiary/aromatic N) is 5. The van der Waals surface area contributed by atoms with Crippen molar-refractivity contribution in [3.63, 3.8) is 0 Å². The van der Waals surface area contributed by atoms with Gasteiger partial charge in [0.1, 0.15) is 0 Å². The number of carbonyl (C=O) groups is 2. The predicted molar refractivity (Wildman–Crippen MR) is 116 cm³/mol. The Morgan fingerprint density at radius 3 is 2.61 bits per heavy atom. The smallest absolute Gasteiger partial charge is 0.358 e. The van der Waals surface area contributed by atoms with Crippen LogP contribution in [0.4, 0.5) is 0 Å². The van der Waals surface area contributed by atoms with Crippen molar-refractivity contribution in [1.29, 1.82) is 0 Å². The minimum absolute atomic E-state index is 0.156. The molecule has 1 amide bonds. The molecule has 1 aliphatic heterocycles. The third kappa shape index (κ3) is 5.50.